The Balaban J connectivity index is 2.81. The lowest BCUT2D eigenvalue weighted by Gasteiger charge is -2.14. The minimum atomic E-state index is -0.337. The van der Waals surface area contributed by atoms with E-state index in [0.717, 1.165) is 22.9 Å². The highest BCUT2D eigenvalue weighted by atomic mass is 79.9. The molecule has 5 heteroatoms. The lowest BCUT2D eigenvalue weighted by molar-refractivity contribution is -0.385. The van der Waals surface area contributed by atoms with E-state index in [-0.39, 0.29) is 10.6 Å². The summed E-state index contributed by atoms with van der Waals surface area (Å²) in [5.74, 6) is 0. The normalized spacial score (nSPS) is 10.8. The van der Waals surface area contributed by atoms with Crippen molar-refractivity contribution in [3.63, 3.8) is 0 Å². The molecule has 0 aromatic heterocycles. The van der Waals surface area contributed by atoms with Crippen LogP contribution in [0.5, 0.6) is 0 Å². The largest absolute Gasteiger partial charge is 0.310 e. The molecule has 0 spiro atoms. The van der Waals surface area contributed by atoms with Crippen molar-refractivity contribution in [3.8, 4) is 0 Å². The van der Waals surface area contributed by atoms with Gasteiger partial charge in [-0.05, 0) is 25.0 Å². The van der Waals surface area contributed by atoms with E-state index >= 15 is 0 Å². The molecule has 1 rings (SSSR count). The topological polar surface area (TPSA) is 55.2 Å². The Morgan fingerprint density at radius 1 is 1.41 bits per heavy atom. The number of nitro groups is 1. The third kappa shape index (κ3) is 4.09. The first kappa shape index (κ1) is 14.1. The van der Waals surface area contributed by atoms with Crippen LogP contribution in [0.15, 0.2) is 22.7 Å². The molecule has 1 aromatic carbocycles. The van der Waals surface area contributed by atoms with Gasteiger partial charge in [0.1, 0.15) is 0 Å². The first-order chi connectivity index (χ1) is 8.08. The van der Waals surface area contributed by atoms with Gasteiger partial charge in [0.05, 0.1) is 4.92 Å². The molecule has 0 aliphatic rings. The predicted molar refractivity (Wildman–Crippen MR) is 72.0 cm³/mol. The van der Waals surface area contributed by atoms with E-state index in [1.807, 2.05) is 0 Å². The quantitative estimate of drug-likeness (QED) is 0.644. The van der Waals surface area contributed by atoms with Crippen LogP contribution >= 0.6 is 15.9 Å². The fourth-order valence-electron chi connectivity index (χ4n) is 1.71. The van der Waals surface area contributed by atoms with Crippen LogP contribution < -0.4 is 5.32 Å². The van der Waals surface area contributed by atoms with Crippen molar-refractivity contribution in [1.82, 2.24) is 5.32 Å². The fraction of sp³-hybridized carbons (Fsp3) is 0.500. The minimum absolute atomic E-state index is 0.173. The van der Waals surface area contributed by atoms with Crippen LogP contribution in [0.25, 0.3) is 0 Å². The Kier molecular flexibility index (Phi) is 5.58. The highest BCUT2D eigenvalue weighted by Gasteiger charge is 2.14. The summed E-state index contributed by atoms with van der Waals surface area (Å²) in [6, 6.07) is 5.44. The maximum atomic E-state index is 10.9. The Bertz CT molecular complexity index is 392. The SMILES string of the molecule is CCC(CC)NCc1cc(Br)ccc1[N+](=O)[O-]. The molecule has 4 nitrogen and oxygen atoms in total. The van der Waals surface area contributed by atoms with E-state index < -0.39 is 0 Å². The molecule has 0 radical (unpaired) electrons. The summed E-state index contributed by atoms with van der Waals surface area (Å²) in [5, 5.41) is 14.2. The number of hydrogen-bond donors (Lipinski definition) is 1. The number of hydrogen-bond acceptors (Lipinski definition) is 3. The summed E-state index contributed by atoms with van der Waals surface area (Å²) < 4.78 is 0.865. The second-order valence-electron chi connectivity index (χ2n) is 3.92. The standard InChI is InChI=1S/C12H17BrN2O2/c1-3-11(4-2)14-8-9-7-10(13)5-6-12(9)15(16)17/h5-7,11,14H,3-4,8H2,1-2H3. The third-order valence-electron chi connectivity index (χ3n) is 2.81. The lowest BCUT2D eigenvalue weighted by Crippen LogP contribution is -2.27. The molecule has 0 heterocycles. The third-order valence-corrected chi connectivity index (χ3v) is 3.30. The molecule has 1 aromatic rings. The molecule has 0 saturated carbocycles. The first-order valence-corrected chi connectivity index (χ1v) is 6.54. The van der Waals surface area contributed by atoms with Crippen LogP contribution in [-0.4, -0.2) is 11.0 Å². The molecule has 0 saturated heterocycles. The summed E-state index contributed by atoms with van der Waals surface area (Å²) >= 11 is 3.34. The van der Waals surface area contributed by atoms with Gasteiger partial charge in [-0.15, -0.1) is 0 Å². The molecule has 0 unspecified atom stereocenters. The van der Waals surface area contributed by atoms with Gasteiger partial charge in [-0.3, -0.25) is 10.1 Å². The summed E-state index contributed by atoms with van der Waals surface area (Å²) in [5.41, 5.74) is 0.892. The zero-order chi connectivity index (χ0) is 12.8. The van der Waals surface area contributed by atoms with Gasteiger partial charge in [0.25, 0.3) is 5.69 Å². The average molecular weight is 301 g/mol. The number of nitrogens with one attached hydrogen (secondary N) is 1. The summed E-state index contributed by atoms with van der Waals surface area (Å²) in [4.78, 5) is 10.5. The molecule has 0 bridgehead atoms. The Hall–Kier alpha value is -0.940. The highest BCUT2D eigenvalue weighted by molar-refractivity contribution is 9.10. The summed E-state index contributed by atoms with van der Waals surface area (Å²) in [6.45, 7) is 4.75. The van der Waals surface area contributed by atoms with Crippen LogP contribution in [0, 0.1) is 10.1 Å². The van der Waals surface area contributed by atoms with Crippen molar-refractivity contribution in [2.24, 2.45) is 0 Å². The van der Waals surface area contributed by atoms with Crippen molar-refractivity contribution in [2.75, 3.05) is 0 Å². The van der Waals surface area contributed by atoms with Crippen LogP contribution in [0.1, 0.15) is 32.3 Å². The van der Waals surface area contributed by atoms with E-state index in [9.17, 15) is 10.1 Å². The van der Waals surface area contributed by atoms with Crippen molar-refractivity contribution >= 4 is 21.6 Å². The van der Waals surface area contributed by atoms with E-state index in [1.54, 1.807) is 12.1 Å². The predicted octanol–water partition coefficient (Wildman–Crippen LogP) is 3.64. The summed E-state index contributed by atoms with van der Waals surface area (Å²) in [6.07, 6.45) is 2.05. The fourth-order valence-corrected chi connectivity index (χ4v) is 2.11. The molecule has 0 amide bonds. The van der Waals surface area contributed by atoms with Crippen LogP contribution in [0.2, 0.25) is 0 Å². The van der Waals surface area contributed by atoms with Crippen molar-refractivity contribution in [3.05, 3.63) is 38.3 Å². The Morgan fingerprint density at radius 2 is 2.06 bits per heavy atom. The zero-order valence-electron chi connectivity index (χ0n) is 10.1. The number of nitrogens with zero attached hydrogens (tertiary/aromatic N) is 1. The second-order valence-corrected chi connectivity index (χ2v) is 4.84. The molecule has 94 valence electrons. The van der Waals surface area contributed by atoms with E-state index in [0.29, 0.717) is 12.6 Å². The van der Waals surface area contributed by atoms with Crippen molar-refractivity contribution in [1.29, 1.82) is 0 Å². The zero-order valence-corrected chi connectivity index (χ0v) is 11.7. The monoisotopic (exact) mass is 300 g/mol. The van der Waals surface area contributed by atoms with E-state index in [1.165, 1.54) is 6.07 Å². The highest BCUT2D eigenvalue weighted by Crippen LogP contribution is 2.23. The number of benzene rings is 1. The van der Waals surface area contributed by atoms with Gasteiger partial charge >= 0.3 is 0 Å². The van der Waals surface area contributed by atoms with E-state index in [2.05, 4.69) is 35.1 Å². The molecule has 0 atom stereocenters. The van der Waals surface area contributed by atoms with Crippen LogP contribution in [0.3, 0.4) is 0 Å². The number of halogens is 1. The van der Waals surface area contributed by atoms with Gasteiger partial charge in [-0.1, -0.05) is 29.8 Å². The molecule has 1 N–H and O–H groups in total. The smallest absolute Gasteiger partial charge is 0.273 e. The molecule has 0 aliphatic heterocycles. The first-order valence-electron chi connectivity index (χ1n) is 5.74. The molecular formula is C12H17BrN2O2. The minimum Gasteiger partial charge on any atom is -0.310 e. The van der Waals surface area contributed by atoms with Gasteiger partial charge in [-0.25, -0.2) is 0 Å². The van der Waals surface area contributed by atoms with Gasteiger partial charge in [0.15, 0.2) is 0 Å². The molecule has 0 fully saturated rings. The van der Waals surface area contributed by atoms with Crippen molar-refractivity contribution < 1.29 is 4.92 Å². The number of rotatable bonds is 6. The maximum absolute atomic E-state index is 10.9. The molecule has 0 aliphatic carbocycles. The molecular weight excluding hydrogens is 284 g/mol. The van der Waals surface area contributed by atoms with Gasteiger partial charge < -0.3 is 5.32 Å². The lowest BCUT2D eigenvalue weighted by atomic mass is 10.1. The number of nitro benzene ring substituents is 1. The Morgan fingerprint density at radius 3 is 2.59 bits per heavy atom. The van der Waals surface area contributed by atoms with E-state index in [4.69, 9.17) is 0 Å². The van der Waals surface area contributed by atoms with Crippen LogP contribution in [0.4, 0.5) is 5.69 Å². The average Bonchev–Trinajstić information content (AvgIpc) is 2.30. The Labute approximate surface area is 110 Å². The summed E-state index contributed by atoms with van der Waals surface area (Å²) in [7, 11) is 0. The molecule has 17 heavy (non-hydrogen) atoms. The van der Waals surface area contributed by atoms with Crippen molar-refractivity contribution in [2.45, 2.75) is 39.3 Å². The van der Waals surface area contributed by atoms with Crippen LogP contribution in [-0.2, 0) is 6.54 Å². The second kappa shape index (κ2) is 6.71. The maximum Gasteiger partial charge on any atom is 0.273 e. The van der Waals surface area contributed by atoms with Gasteiger partial charge in [0.2, 0.25) is 0 Å². The van der Waals surface area contributed by atoms with Gasteiger partial charge in [-0.2, -0.15) is 0 Å². The van der Waals surface area contributed by atoms with Gasteiger partial charge in [0, 0.05) is 28.7 Å².